The zero-order chi connectivity index (χ0) is 20.2. The van der Waals surface area contributed by atoms with Gasteiger partial charge in [0.25, 0.3) is 5.91 Å². The van der Waals surface area contributed by atoms with Crippen molar-refractivity contribution in [1.82, 2.24) is 25.0 Å². The first kappa shape index (κ1) is 19.8. The van der Waals surface area contributed by atoms with Crippen molar-refractivity contribution in [2.75, 3.05) is 13.1 Å². The van der Waals surface area contributed by atoms with Crippen LogP contribution in [-0.4, -0.2) is 38.7 Å². The molecule has 0 saturated carbocycles. The van der Waals surface area contributed by atoms with E-state index in [1.807, 2.05) is 31.0 Å². The lowest BCUT2D eigenvalue weighted by Crippen LogP contribution is -2.31. The van der Waals surface area contributed by atoms with Crippen molar-refractivity contribution in [3.05, 3.63) is 68.9 Å². The van der Waals surface area contributed by atoms with Gasteiger partial charge >= 0.3 is 0 Å². The molecule has 0 radical (unpaired) electrons. The van der Waals surface area contributed by atoms with Gasteiger partial charge in [0.1, 0.15) is 0 Å². The molecule has 0 saturated heterocycles. The Morgan fingerprint density at radius 2 is 2.17 bits per heavy atom. The Hall–Kier alpha value is -2.51. The molecule has 0 aromatic carbocycles. The normalized spacial score (nSPS) is 14.0. The van der Waals surface area contributed by atoms with Gasteiger partial charge in [-0.3, -0.25) is 19.4 Å². The van der Waals surface area contributed by atoms with Crippen LogP contribution >= 0.6 is 11.3 Å². The lowest BCUT2D eigenvalue weighted by Gasteiger charge is -2.27. The van der Waals surface area contributed by atoms with Crippen LogP contribution in [0.3, 0.4) is 0 Å². The maximum Gasteiger partial charge on any atom is 0.252 e. The molecule has 0 atom stereocenters. The SMILES string of the molecule is CCc1ccc(CN2CCc3c(C(=O)NCCc4cnn(C)c4)csc3C2)nc1. The second-order valence-corrected chi connectivity index (χ2v) is 8.52. The van der Waals surface area contributed by atoms with Crippen molar-refractivity contribution in [3.8, 4) is 0 Å². The molecule has 1 aliphatic rings. The van der Waals surface area contributed by atoms with E-state index in [-0.39, 0.29) is 5.91 Å². The number of carbonyl (C=O) groups excluding carboxylic acids is 1. The smallest absolute Gasteiger partial charge is 0.252 e. The number of thiophene rings is 1. The highest BCUT2D eigenvalue weighted by atomic mass is 32.1. The number of carbonyl (C=O) groups is 1. The van der Waals surface area contributed by atoms with E-state index in [4.69, 9.17) is 0 Å². The number of aryl methyl sites for hydroxylation is 2. The lowest BCUT2D eigenvalue weighted by molar-refractivity contribution is 0.0953. The summed E-state index contributed by atoms with van der Waals surface area (Å²) >= 11 is 1.70. The van der Waals surface area contributed by atoms with Crippen molar-refractivity contribution in [3.63, 3.8) is 0 Å². The molecule has 3 aromatic rings. The van der Waals surface area contributed by atoms with E-state index in [2.05, 4.69) is 39.4 Å². The fraction of sp³-hybridized carbons (Fsp3) is 0.409. The first-order chi connectivity index (χ1) is 14.1. The molecule has 1 N–H and O–H groups in total. The molecule has 0 aliphatic carbocycles. The van der Waals surface area contributed by atoms with Gasteiger partial charge in [0.05, 0.1) is 17.5 Å². The topological polar surface area (TPSA) is 63.1 Å². The second kappa shape index (κ2) is 8.88. The van der Waals surface area contributed by atoms with Gasteiger partial charge in [-0.15, -0.1) is 11.3 Å². The Bertz CT molecular complexity index is 976. The number of amides is 1. The number of fused-ring (bicyclic) bond motifs is 1. The summed E-state index contributed by atoms with van der Waals surface area (Å²) in [7, 11) is 1.90. The van der Waals surface area contributed by atoms with Crippen LogP contribution in [0.4, 0.5) is 0 Å². The van der Waals surface area contributed by atoms with Crippen LogP contribution in [0, 0.1) is 0 Å². The first-order valence-electron chi connectivity index (χ1n) is 10.1. The quantitative estimate of drug-likeness (QED) is 0.652. The van der Waals surface area contributed by atoms with Crippen LogP contribution in [0.1, 0.15) is 44.5 Å². The Morgan fingerprint density at radius 3 is 2.90 bits per heavy atom. The molecule has 0 unspecified atom stereocenters. The molecule has 29 heavy (non-hydrogen) atoms. The van der Waals surface area contributed by atoms with E-state index in [1.165, 1.54) is 16.0 Å². The molecule has 7 heteroatoms. The molecule has 152 valence electrons. The predicted octanol–water partition coefficient (Wildman–Crippen LogP) is 2.97. The number of pyridine rings is 1. The van der Waals surface area contributed by atoms with Crippen molar-refractivity contribution in [2.24, 2.45) is 7.05 Å². The third-order valence-electron chi connectivity index (χ3n) is 5.41. The van der Waals surface area contributed by atoms with Gasteiger partial charge in [-0.25, -0.2) is 0 Å². The highest BCUT2D eigenvalue weighted by molar-refractivity contribution is 7.10. The third-order valence-corrected chi connectivity index (χ3v) is 6.42. The van der Waals surface area contributed by atoms with Gasteiger partial charge < -0.3 is 5.32 Å². The Labute approximate surface area is 175 Å². The van der Waals surface area contributed by atoms with Gasteiger partial charge in [0.2, 0.25) is 0 Å². The zero-order valence-corrected chi connectivity index (χ0v) is 17.8. The molecule has 4 heterocycles. The summed E-state index contributed by atoms with van der Waals surface area (Å²) in [5, 5.41) is 9.24. The fourth-order valence-electron chi connectivity index (χ4n) is 3.71. The average molecular weight is 410 g/mol. The number of rotatable bonds is 7. The van der Waals surface area contributed by atoms with E-state index >= 15 is 0 Å². The van der Waals surface area contributed by atoms with Crippen LogP contribution < -0.4 is 5.32 Å². The van der Waals surface area contributed by atoms with Crippen LogP contribution in [0.25, 0.3) is 0 Å². The van der Waals surface area contributed by atoms with Gasteiger partial charge in [-0.2, -0.15) is 5.10 Å². The molecule has 0 spiro atoms. The molecule has 3 aromatic heterocycles. The van der Waals surface area contributed by atoms with Gasteiger partial charge in [0, 0.05) is 55.9 Å². The molecule has 1 aliphatic heterocycles. The highest BCUT2D eigenvalue weighted by Crippen LogP contribution is 2.29. The second-order valence-electron chi connectivity index (χ2n) is 7.55. The molecule has 1 amide bonds. The monoisotopic (exact) mass is 409 g/mol. The summed E-state index contributed by atoms with van der Waals surface area (Å²) in [5.74, 6) is 0.0386. The standard InChI is InChI=1S/C22H27N5OS/c1-3-16-4-5-18(24-10-16)13-27-9-7-19-20(15-29-21(19)14-27)22(28)23-8-6-17-11-25-26(2)12-17/h4-5,10-12,15H,3,6-9,13-14H2,1-2H3,(H,23,28). The highest BCUT2D eigenvalue weighted by Gasteiger charge is 2.24. The summed E-state index contributed by atoms with van der Waals surface area (Å²) in [6.45, 7) is 5.47. The van der Waals surface area contributed by atoms with E-state index in [1.54, 1.807) is 16.0 Å². The number of hydrogen-bond donors (Lipinski definition) is 1. The van der Waals surface area contributed by atoms with Gasteiger partial charge in [0.15, 0.2) is 0 Å². The maximum atomic E-state index is 12.7. The van der Waals surface area contributed by atoms with E-state index < -0.39 is 0 Å². The fourth-order valence-corrected chi connectivity index (χ4v) is 4.83. The van der Waals surface area contributed by atoms with Crippen LogP contribution in [0.5, 0.6) is 0 Å². The molecule has 0 fully saturated rings. The average Bonchev–Trinajstić information content (AvgIpc) is 3.34. The van der Waals surface area contributed by atoms with E-state index in [0.717, 1.165) is 55.7 Å². The van der Waals surface area contributed by atoms with Crippen LogP contribution in [0.2, 0.25) is 0 Å². The summed E-state index contributed by atoms with van der Waals surface area (Å²) < 4.78 is 1.78. The number of hydrogen-bond acceptors (Lipinski definition) is 5. The number of aromatic nitrogens is 3. The van der Waals surface area contributed by atoms with Gasteiger partial charge in [-0.05, 0) is 42.0 Å². The first-order valence-corrected chi connectivity index (χ1v) is 11.0. The van der Waals surface area contributed by atoms with Crippen molar-refractivity contribution in [2.45, 2.75) is 39.3 Å². The molecular weight excluding hydrogens is 382 g/mol. The minimum Gasteiger partial charge on any atom is -0.352 e. The summed E-state index contributed by atoms with van der Waals surface area (Å²) in [4.78, 5) is 21.0. The largest absolute Gasteiger partial charge is 0.352 e. The van der Waals surface area contributed by atoms with Crippen molar-refractivity contribution < 1.29 is 4.79 Å². The maximum absolute atomic E-state index is 12.7. The van der Waals surface area contributed by atoms with E-state index in [9.17, 15) is 4.79 Å². The Balaban J connectivity index is 1.32. The van der Waals surface area contributed by atoms with Gasteiger partial charge in [-0.1, -0.05) is 13.0 Å². The summed E-state index contributed by atoms with van der Waals surface area (Å²) in [5.41, 5.74) is 5.58. The molecule has 4 rings (SSSR count). The zero-order valence-electron chi connectivity index (χ0n) is 17.0. The molecular formula is C22H27N5OS. The minimum atomic E-state index is 0.0386. The molecule has 6 nitrogen and oxygen atoms in total. The van der Waals surface area contributed by atoms with Crippen molar-refractivity contribution >= 4 is 17.2 Å². The van der Waals surface area contributed by atoms with Crippen LogP contribution in [0.15, 0.2) is 36.1 Å². The third kappa shape index (κ3) is 4.74. The van der Waals surface area contributed by atoms with E-state index in [0.29, 0.717) is 6.54 Å². The Morgan fingerprint density at radius 1 is 1.28 bits per heavy atom. The predicted molar refractivity (Wildman–Crippen MR) is 115 cm³/mol. The summed E-state index contributed by atoms with van der Waals surface area (Å²) in [6.07, 6.45) is 8.53. The number of nitrogens with one attached hydrogen (secondary N) is 1. The Kier molecular flexibility index (Phi) is 6.06. The number of nitrogens with zero attached hydrogens (tertiary/aromatic N) is 4. The summed E-state index contributed by atoms with van der Waals surface area (Å²) in [6, 6.07) is 4.29. The minimum absolute atomic E-state index is 0.0386. The van der Waals surface area contributed by atoms with Crippen LogP contribution in [-0.2, 0) is 39.4 Å². The molecule has 0 bridgehead atoms. The van der Waals surface area contributed by atoms with Crippen molar-refractivity contribution in [1.29, 1.82) is 0 Å². The lowest BCUT2D eigenvalue weighted by atomic mass is 10.0.